The van der Waals surface area contributed by atoms with E-state index < -0.39 is 0 Å². The van der Waals surface area contributed by atoms with Gasteiger partial charge in [-0.15, -0.1) is 0 Å². The van der Waals surface area contributed by atoms with Gasteiger partial charge < -0.3 is 4.74 Å². The van der Waals surface area contributed by atoms with E-state index in [0.29, 0.717) is 0 Å². The Morgan fingerprint density at radius 2 is 2.43 bits per heavy atom. The summed E-state index contributed by atoms with van der Waals surface area (Å²) in [5.41, 5.74) is 4.35. The molecule has 0 heterocycles. The number of allylic oxidation sites excluding steroid dienone is 1. The lowest BCUT2D eigenvalue weighted by molar-refractivity contribution is 0.339. The van der Waals surface area contributed by atoms with Gasteiger partial charge in [-0.1, -0.05) is 5.73 Å². The first-order valence-corrected chi connectivity index (χ1v) is 2.39. The lowest BCUT2D eigenvalue weighted by Gasteiger charge is -1.74. The van der Waals surface area contributed by atoms with Gasteiger partial charge >= 0.3 is 0 Å². The summed E-state index contributed by atoms with van der Waals surface area (Å²) < 4.78 is 4.64. The molecule has 0 aromatic heterocycles. The van der Waals surface area contributed by atoms with Crippen LogP contribution < -0.4 is 0 Å². The normalized spacial score (nSPS) is 15.3. The van der Waals surface area contributed by atoms with Crippen LogP contribution in [0.3, 0.4) is 0 Å². The van der Waals surface area contributed by atoms with Gasteiger partial charge in [0.2, 0.25) is 0 Å². The fourth-order valence-corrected chi connectivity index (χ4v) is 0.349. The molecule has 0 N–H and O–H groups in total. The molecular formula is C6H8O. The predicted molar refractivity (Wildman–Crippen MR) is 27.8 cm³/mol. The number of hydrogen-bond acceptors (Lipinski definition) is 1. The van der Waals surface area contributed by atoms with Crippen molar-refractivity contribution in [1.82, 2.24) is 0 Å². The molecule has 1 aliphatic rings. The van der Waals surface area contributed by atoms with Crippen LogP contribution in [0.25, 0.3) is 0 Å². The predicted octanol–water partition coefficient (Wildman–Crippen LogP) is 1.47. The van der Waals surface area contributed by atoms with Gasteiger partial charge in [-0.25, -0.2) is 0 Å². The lowest BCUT2D eigenvalue weighted by Crippen LogP contribution is -1.57. The summed E-state index contributed by atoms with van der Waals surface area (Å²) >= 11 is 0. The van der Waals surface area contributed by atoms with Crippen LogP contribution in [0.2, 0.25) is 0 Å². The Morgan fingerprint density at radius 3 is 2.86 bits per heavy atom. The van der Waals surface area contributed by atoms with Gasteiger partial charge in [-0.05, 0) is 18.4 Å². The molecule has 1 aliphatic carbocycles. The van der Waals surface area contributed by atoms with E-state index in [1.54, 1.807) is 13.4 Å². The van der Waals surface area contributed by atoms with Gasteiger partial charge in [0, 0.05) is 0 Å². The van der Waals surface area contributed by atoms with Crippen LogP contribution in [0.1, 0.15) is 12.8 Å². The topological polar surface area (TPSA) is 9.23 Å². The molecule has 7 heavy (non-hydrogen) atoms. The van der Waals surface area contributed by atoms with Crippen molar-refractivity contribution >= 4 is 0 Å². The van der Waals surface area contributed by atoms with Gasteiger partial charge in [-0.3, -0.25) is 0 Å². The van der Waals surface area contributed by atoms with Crippen LogP contribution in [0.4, 0.5) is 0 Å². The molecule has 38 valence electrons. The first-order chi connectivity index (χ1) is 3.43. The van der Waals surface area contributed by atoms with E-state index in [1.165, 1.54) is 18.4 Å². The molecule has 0 atom stereocenters. The Morgan fingerprint density at radius 1 is 1.71 bits per heavy atom. The summed E-state index contributed by atoms with van der Waals surface area (Å²) in [5.74, 6) is 0. The van der Waals surface area contributed by atoms with Crippen molar-refractivity contribution < 1.29 is 4.74 Å². The molecule has 0 aromatic carbocycles. The molecule has 0 aliphatic heterocycles. The van der Waals surface area contributed by atoms with E-state index >= 15 is 0 Å². The highest BCUT2D eigenvalue weighted by Gasteiger charge is 2.08. The highest BCUT2D eigenvalue weighted by Crippen LogP contribution is 2.25. The molecule has 1 saturated carbocycles. The molecule has 1 rings (SSSR count). The van der Waals surface area contributed by atoms with Crippen LogP contribution >= 0.6 is 0 Å². The average Bonchev–Trinajstić information content (AvgIpc) is 2.42. The fourth-order valence-electron chi connectivity index (χ4n) is 0.349. The number of ether oxygens (including phenoxy) is 1. The summed E-state index contributed by atoms with van der Waals surface area (Å²) in [7, 11) is 1.63. The smallest absolute Gasteiger partial charge is 0.125 e. The van der Waals surface area contributed by atoms with Crippen LogP contribution in [0, 0.1) is 0 Å². The summed E-state index contributed by atoms with van der Waals surface area (Å²) in [6.07, 6.45) is 4.04. The maximum absolute atomic E-state index is 4.64. The van der Waals surface area contributed by atoms with Gasteiger partial charge in [-0.2, -0.15) is 0 Å². The van der Waals surface area contributed by atoms with Crippen molar-refractivity contribution in [3.05, 3.63) is 17.6 Å². The first-order valence-electron chi connectivity index (χ1n) is 2.39. The zero-order valence-corrected chi connectivity index (χ0v) is 4.40. The minimum absolute atomic E-state index is 1.22. The van der Waals surface area contributed by atoms with Crippen molar-refractivity contribution in [2.24, 2.45) is 0 Å². The maximum atomic E-state index is 4.64. The maximum Gasteiger partial charge on any atom is 0.125 e. The first kappa shape index (κ1) is 4.48. The van der Waals surface area contributed by atoms with Gasteiger partial charge in [0.05, 0.1) is 7.11 Å². The zero-order chi connectivity index (χ0) is 5.11. The Balaban J connectivity index is 2.42. The van der Waals surface area contributed by atoms with E-state index in [4.69, 9.17) is 0 Å². The molecule has 0 spiro atoms. The standard InChI is InChI=1S/C6H8O/c1-7-5-4-6-2-3-6/h5H,2-3H2,1H3. The fraction of sp³-hybridized carbons (Fsp3) is 0.500. The lowest BCUT2D eigenvalue weighted by atomic mass is 10.6. The summed E-state index contributed by atoms with van der Waals surface area (Å²) in [6.45, 7) is 0. The van der Waals surface area contributed by atoms with Crippen molar-refractivity contribution in [3.63, 3.8) is 0 Å². The van der Waals surface area contributed by atoms with E-state index in [9.17, 15) is 0 Å². The Labute approximate surface area is 43.3 Å². The third-order valence-electron chi connectivity index (χ3n) is 0.881. The molecule has 0 saturated heterocycles. The SMILES string of the molecule is COC=C=C1CC1. The molecule has 0 unspecified atom stereocenters. The molecule has 0 bridgehead atoms. The van der Waals surface area contributed by atoms with E-state index in [2.05, 4.69) is 10.5 Å². The van der Waals surface area contributed by atoms with Crippen LogP contribution in [-0.4, -0.2) is 7.11 Å². The largest absolute Gasteiger partial charge is 0.496 e. The molecule has 0 radical (unpaired) electrons. The Kier molecular flexibility index (Phi) is 1.19. The number of methoxy groups -OCH3 is 1. The van der Waals surface area contributed by atoms with Gasteiger partial charge in [0.15, 0.2) is 0 Å². The third-order valence-corrected chi connectivity index (χ3v) is 0.881. The van der Waals surface area contributed by atoms with Crippen molar-refractivity contribution in [1.29, 1.82) is 0 Å². The highest BCUT2D eigenvalue weighted by molar-refractivity contribution is 5.14. The second-order valence-electron chi connectivity index (χ2n) is 1.60. The van der Waals surface area contributed by atoms with E-state index in [0.717, 1.165) is 0 Å². The molecule has 0 aromatic rings. The van der Waals surface area contributed by atoms with Crippen LogP contribution in [-0.2, 0) is 4.74 Å². The number of hydrogen-bond donors (Lipinski definition) is 0. The number of rotatable bonds is 1. The quantitative estimate of drug-likeness (QED) is 0.355. The van der Waals surface area contributed by atoms with E-state index in [-0.39, 0.29) is 0 Å². The van der Waals surface area contributed by atoms with Crippen LogP contribution in [0.5, 0.6) is 0 Å². The highest BCUT2D eigenvalue weighted by atomic mass is 16.5. The monoisotopic (exact) mass is 96.1 g/mol. The second-order valence-corrected chi connectivity index (χ2v) is 1.60. The molecule has 1 heteroatoms. The summed E-state index contributed by atoms with van der Waals surface area (Å²) in [5, 5.41) is 0. The second kappa shape index (κ2) is 1.85. The van der Waals surface area contributed by atoms with Crippen molar-refractivity contribution in [2.45, 2.75) is 12.8 Å². The zero-order valence-electron chi connectivity index (χ0n) is 4.40. The average molecular weight is 96.1 g/mol. The third kappa shape index (κ3) is 1.47. The summed E-state index contributed by atoms with van der Waals surface area (Å²) in [4.78, 5) is 0. The van der Waals surface area contributed by atoms with E-state index in [1.807, 2.05) is 0 Å². The molecule has 0 amide bonds. The molecular weight excluding hydrogens is 88.1 g/mol. The van der Waals surface area contributed by atoms with Crippen LogP contribution in [0.15, 0.2) is 17.6 Å². The molecule has 1 fully saturated rings. The minimum atomic E-state index is 1.22. The Hall–Kier alpha value is -0.680. The Bertz CT molecular complexity index is 112. The van der Waals surface area contributed by atoms with Crippen molar-refractivity contribution in [3.8, 4) is 0 Å². The summed E-state index contributed by atoms with van der Waals surface area (Å²) in [6, 6.07) is 0. The minimum Gasteiger partial charge on any atom is -0.496 e. The van der Waals surface area contributed by atoms with Crippen molar-refractivity contribution in [2.75, 3.05) is 7.11 Å². The van der Waals surface area contributed by atoms with Gasteiger partial charge in [0.1, 0.15) is 6.26 Å². The van der Waals surface area contributed by atoms with Gasteiger partial charge in [0.25, 0.3) is 0 Å². The molecule has 1 nitrogen and oxygen atoms in total.